The molecule has 0 bridgehead atoms. The molecule has 0 aliphatic carbocycles. The fraction of sp³-hybridized carbons (Fsp3) is 0.278. The van der Waals surface area contributed by atoms with E-state index in [0.717, 1.165) is 33.6 Å². The van der Waals surface area contributed by atoms with Crippen molar-refractivity contribution in [3.8, 4) is 16.9 Å². The highest BCUT2D eigenvalue weighted by Crippen LogP contribution is 2.30. The van der Waals surface area contributed by atoms with Gasteiger partial charge in [0.05, 0.1) is 13.0 Å². The predicted molar refractivity (Wildman–Crippen MR) is 84.0 cm³/mol. The number of benzene rings is 2. The highest BCUT2D eigenvalue weighted by Gasteiger charge is 2.17. The van der Waals surface area contributed by atoms with E-state index >= 15 is 0 Å². The summed E-state index contributed by atoms with van der Waals surface area (Å²) in [5, 5.41) is 9.18. The minimum Gasteiger partial charge on any atom is -0.497 e. The van der Waals surface area contributed by atoms with Gasteiger partial charge in [0.1, 0.15) is 5.75 Å². The normalized spacial score (nSPS) is 12.0. The molecule has 3 nitrogen and oxygen atoms in total. The number of hydrogen-bond acceptors (Lipinski definition) is 2. The van der Waals surface area contributed by atoms with E-state index in [1.165, 1.54) is 0 Å². The quantitative estimate of drug-likeness (QED) is 0.916. The fourth-order valence-electron chi connectivity index (χ4n) is 2.52. The molecular weight excluding hydrogens is 264 g/mol. The summed E-state index contributed by atoms with van der Waals surface area (Å²) in [6.45, 7) is 5.69. The molecule has 0 spiro atoms. The molecule has 1 unspecified atom stereocenters. The van der Waals surface area contributed by atoms with E-state index in [0.29, 0.717) is 0 Å². The van der Waals surface area contributed by atoms with E-state index in [4.69, 9.17) is 4.74 Å². The first kappa shape index (κ1) is 15.1. The molecule has 0 amide bonds. The van der Waals surface area contributed by atoms with Crippen molar-refractivity contribution in [2.24, 2.45) is 0 Å². The molecule has 21 heavy (non-hydrogen) atoms. The molecule has 0 fully saturated rings. The topological polar surface area (TPSA) is 46.5 Å². The minimum atomic E-state index is -0.797. The lowest BCUT2D eigenvalue weighted by Crippen LogP contribution is -2.09. The number of aliphatic carboxylic acids is 1. The molecule has 2 aromatic carbocycles. The summed E-state index contributed by atoms with van der Waals surface area (Å²) in [5.41, 5.74) is 5.18. The Morgan fingerprint density at radius 2 is 1.71 bits per heavy atom. The summed E-state index contributed by atoms with van der Waals surface area (Å²) >= 11 is 0. The van der Waals surface area contributed by atoms with Crippen LogP contribution in [0.1, 0.15) is 29.5 Å². The number of methoxy groups -OCH3 is 1. The van der Waals surface area contributed by atoms with Gasteiger partial charge in [-0.25, -0.2) is 0 Å². The Morgan fingerprint density at radius 3 is 2.24 bits per heavy atom. The van der Waals surface area contributed by atoms with Crippen molar-refractivity contribution in [3.05, 3.63) is 53.1 Å². The molecule has 110 valence electrons. The Kier molecular flexibility index (Phi) is 4.32. The number of rotatable bonds is 4. The van der Waals surface area contributed by atoms with Gasteiger partial charge in [-0.15, -0.1) is 0 Å². The van der Waals surface area contributed by atoms with Crippen LogP contribution in [0.5, 0.6) is 5.75 Å². The Labute approximate surface area is 125 Å². The van der Waals surface area contributed by atoms with Gasteiger partial charge in [0.25, 0.3) is 0 Å². The molecule has 0 aliphatic heterocycles. The van der Waals surface area contributed by atoms with Crippen LogP contribution in [0.4, 0.5) is 0 Å². The van der Waals surface area contributed by atoms with Gasteiger partial charge in [-0.1, -0.05) is 24.3 Å². The molecule has 1 atom stereocenters. The molecule has 2 rings (SSSR count). The smallest absolute Gasteiger partial charge is 0.310 e. The van der Waals surface area contributed by atoms with Gasteiger partial charge >= 0.3 is 5.97 Å². The van der Waals surface area contributed by atoms with Crippen molar-refractivity contribution >= 4 is 5.97 Å². The SMILES string of the molecule is COc1ccc(-c2cc(C)c(C(C)C(=O)O)cc2C)cc1. The van der Waals surface area contributed by atoms with Gasteiger partial charge in [0.15, 0.2) is 0 Å². The van der Waals surface area contributed by atoms with Crippen LogP contribution in [0.2, 0.25) is 0 Å². The van der Waals surface area contributed by atoms with E-state index in [9.17, 15) is 9.90 Å². The molecular formula is C18H20O3. The van der Waals surface area contributed by atoms with Gasteiger partial charge in [0.2, 0.25) is 0 Å². The largest absolute Gasteiger partial charge is 0.497 e. The molecule has 2 aromatic rings. The predicted octanol–water partition coefficient (Wildman–Crippen LogP) is 4.17. The highest BCUT2D eigenvalue weighted by molar-refractivity contribution is 5.78. The van der Waals surface area contributed by atoms with Crippen LogP contribution in [0, 0.1) is 13.8 Å². The number of ether oxygens (including phenoxy) is 1. The third-order valence-corrected chi connectivity index (χ3v) is 3.85. The molecule has 0 aliphatic rings. The van der Waals surface area contributed by atoms with E-state index in [-0.39, 0.29) is 0 Å². The Hall–Kier alpha value is -2.29. The van der Waals surface area contributed by atoms with Gasteiger partial charge in [-0.05, 0) is 60.7 Å². The summed E-state index contributed by atoms with van der Waals surface area (Å²) in [4.78, 5) is 11.2. The highest BCUT2D eigenvalue weighted by atomic mass is 16.5. The van der Waals surface area contributed by atoms with Crippen molar-refractivity contribution in [1.29, 1.82) is 0 Å². The molecule has 1 N–H and O–H groups in total. The van der Waals surface area contributed by atoms with Crippen LogP contribution in [0.15, 0.2) is 36.4 Å². The first-order chi connectivity index (χ1) is 9.93. The maximum Gasteiger partial charge on any atom is 0.310 e. The molecule has 0 aromatic heterocycles. The van der Waals surface area contributed by atoms with Crippen molar-refractivity contribution in [3.63, 3.8) is 0 Å². The maximum atomic E-state index is 11.2. The van der Waals surface area contributed by atoms with Crippen LogP contribution >= 0.6 is 0 Å². The summed E-state index contributed by atoms with van der Waals surface area (Å²) in [5.74, 6) is -0.465. The summed E-state index contributed by atoms with van der Waals surface area (Å²) in [7, 11) is 1.65. The van der Waals surface area contributed by atoms with Gasteiger partial charge in [0, 0.05) is 0 Å². The second kappa shape index (κ2) is 6.00. The second-order valence-corrected chi connectivity index (χ2v) is 5.31. The number of hydrogen-bond donors (Lipinski definition) is 1. The average Bonchev–Trinajstić information content (AvgIpc) is 2.48. The number of carbonyl (C=O) groups is 1. The Bertz CT molecular complexity index is 657. The number of carboxylic acids is 1. The van der Waals surface area contributed by atoms with Crippen LogP contribution in [0.3, 0.4) is 0 Å². The minimum absolute atomic E-state index is 0.492. The van der Waals surface area contributed by atoms with E-state index < -0.39 is 11.9 Å². The lowest BCUT2D eigenvalue weighted by Gasteiger charge is -2.15. The zero-order valence-electron chi connectivity index (χ0n) is 12.8. The average molecular weight is 284 g/mol. The van der Waals surface area contributed by atoms with E-state index in [1.807, 2.05) is 44.2 Å². The zero-order valence-corrected chi connectivity index (χ0v) is 12.8. The zero-order chi connectivity index (χ0) is 15.6. The monoisotopic (exact) mass is 284 g/mol. The molecule has 0 saturated heterocycles. The fourth-order valence-corrected chi connectivity index (χ4v) is 2.52. The molecule has 0 heterocycles. The van der Waals surface area contributed by atoms with Crippen molar-refractivity contribution < 1.29 is 14.6 Å². The lowest BCUT2D eigenvalue weighted by molar-refractivity contribution is -0.138. The second-order valence-electron chi connectivity index (χ2n) is 5.31. The van der Waals surface area contributed by atoms with Gasteiger partial charge in [-0.3, -0.25) is 4.79 Å². The molecule has 0 radical (unpaired) electrons. The summed E-state index contributed by atoms with van der Waals surface area (Å²) in [6.07, 6.45) is 0. The lowest BCUT2D eigenvalue weighted by atomic mass is 9.90. The third-order valence-electron chi connectivity index (χ3n) is 3.85. The molecule has 0 saturated carbocycles. The number of aryl methyl sites for hydroxylation is 2. The van der Waals surface area contributed by atoms with E-state index in [1.54, 1.807) is 14.0 Å². The van der Waals surface area contributed by atoms with Crippen LogP contribution in [0.25, 0.3) is 11.1 Å². The maximum absolute atomic E-state index is 11.2. The van der Waals surface area contributed by atoms with E-state index in [2.05, 4.69) is 6.07 Å². The molecule has 3 heteroatoms. The Morgan fingerprint density at radius 1 is 1.10 bits per heavy atom. The first-order valence-corrected chi connectivity index (χ1v) is 6.92. The van der Waals surface area contributed by atoms with Gasteiger partial charge in [-0.2, -0.15) is 0 Å². The van der Waals surface area contributed by atoms with Crippen molar-refractivity contribution in [1.82, 2.24) is 0 Å². The Balaban J connectivity index is 2.46. The van der Waals surface area contributed by atoms with Crippen molar-refractivity contribution in [2.45, 2.75) is 26.7 Å². The number of carboxylic acid groups (broad SMARTS) is 1. The van der Waals surface area contributed by atoms with Gasteiger partial charge < -0.3 is 9.84 Å². The van der Waals surface area contributed by atoms with Crippen LogP contribution in [-0.4, -0.2) is 18.2 Å². The standard InChI is InChI=1S/C18H20O3/c1-11-10-17(14-5-7-15(21-4)8-6-14)12(2)9-16(11)13(3)18(19)20/h5-10,13H,1-4H3,(H,19,20). The van der Waals surface area contributed by atoms with Crippen molar-refractivity contribution in [2.75, 3.05) is 7.11 Å². The van der Waals surface area contributed by atoms with Crippen LogP contribution < -0.4 is 4.74 Å². The third kappa shape index (κ3) is 3.07. The summed E-state index contributed by atoms with van der Waals surface area (Å²) in [6, 6.07) is 11.9. The van der Waals surface area contributed by atoms with Crippen LogP contribution in [-0.2, 0) is 4.79 Å². The summed E-state index contributed by atoms with van der Waals surface area (Å²) < 4.78 is 5.17. The first-order valence-electron chi connectivity index (χ1n) is 6.92.